The topological polar surface area (TPSA) is 280 Å². The average molecular weight is 622 g/mol. The Morgan fingerprint density at radius 1 is 1.00 bits per heavy atom. The molecular formula is C26H39N9O7S. The van der Waals surface area contributed by atoms with Crippen molar-refractivity contribution in [3.8, 4) is 0 Å². The fourth-order valence-electron chi connectivity index (χ4n) is 4.07. The number of hydrogen-bond donors (Lipinski definition) is 11. The molecule has 0 aliphatic carbocycles. The molecule has 4 amide bonds. The van der Waals surface area contributed by atoms with Crippen molar-refractivity contribution in [2.75, 3.05) is 18.8 Å². The van der Waals surface area contributed by atoms with Gasteiger partial charge in [0.15, 0.2) is 5.96 Å². The highest BCUT2D eigenvalue weighted by Crippen LogP contribution is 2.19. The number of benzene rings is 1. The Bertz CT molecular complexity index is 1310. The fourth-order valence-corrected chi connectivity index (χ4v) is 4.23. The number of aromatic nitrogens is 1. The van der Waals surface area contributed by atoms with Crippen LogP contribution in [-0.4, -0.2) is 99.9 Å². The van der Waals surface area contributed by atoms with Crippen LogP contribution in [-0.2, 0) is 30.4 Å². The van der Waals surface area contributed by atoms with Gasteiger partial charge in [-0.15, -0.1) is 0 Å². The lowest BCUT2D eigenvalue weighted by Gasteiger charge is -2.26. The number of carbonyl (C=O) groups excluding carboxylic acids is 4. The number of thiol groups is 1. The molecule has 0 aliphatic rings. The average Bonchev–Trinajstić information content (AvgIpc) is 3.37. The predicted octanol–water partition coefficient (Wildman–Crippen LogP) is -2.94. The molecule has 0 spiro atoms. The van der Waals surface area contributed by atoms with Crippen LogP contribution >= 0.6 is 12.6 Å². The molecule has 16 nitrogen and oxygen atoms in total. The van der Waals surface area contributed by atoms with Crippen LogP contribution in [0.2, 0.25) is 0 Å². The van der Waals surface area contributed by atoms with Crippen LogP contribution in [0.4, 0.5) is 0 Å². The van der Waals surface area contributed by atoms with E-state index in [1.54, 1.807) is 6.20 Å². The second-order valence-electron chi connectivity index (χ2n) is 9.76. The van der Waals surface area contributed by atoms with Gasteiger partial charge < -0.3 is 53.7 Å². The molecule has 0 unspecified atom stereocenters. The third-order valence-corrected chi connectivity index (χ3v) is 6.71. The van der Waals surface area contributed by atoms with E-state index >= 15 is 0 Å². The maximum Gasteiger partial charge on any atom is 0.322 e. The zero-order valence-corrected chi connectivity index (χ0v) is 24.5. The number of nitrogens with one attached hydrogen (secondary N) is 5. The minimum atomic E-state index is -1.53. The highest BCUT2D eigenvalue weighted by molar-refractivity contribution is 7.80. The van der Waals surface area contributed by atoms with E-state index < -0.39 is 66.4 Å². The molecule has 43 heavy (non-hydrogen) atoms. The number of guanidine groups is 1. The van der Waals surface area contributed by atoms with E-state index in [2.05, 4.69) is 43.9 Å². The molecule has 1 heterocycles. The summed E-state index contributed by atoms with van der Waals surface area (Å²) in [5.41, 5.74) is 18.1. The molecule has 0 radical (unpaired) electrons. The van der Waals surface area contributed by atoms with E-state index in [-0.39, 0.29) is 37.5 Å². The molecule has 236 valence electrons. The number of carboxylic acid groups (broad SMARTS) is 1. The van der Waals surface area contributed by atoms with Crippen LogP contribution in [0.15, 0.2) is 35.5 Å². The number of aliphatic hydroxyl groups excluding tert-OH is 1. The smallest absolute Gasteiger partial charge is 0.322 e. The molecule has 5 atom stereocenters. The van der Waals surface area contributed by atoms with Crippen molar-refractivity contribution in [3.63, 3.8) is 0 Å². The molecule has 2 aromatic rings. The maximum absolute atomic E-state index is 13.6. The Labute approximate surface area is 253 Å². The molecule has 2 rings (SSSR count). The second-order valence-corrected chi connectivity index (χ2v) is 10.1. The zero-order chi connectivity index (χ0) is 32.1. The number of fused-ring (bicyclic) bond motifs is 1. The highest BCUT2D eigenvalue weighted by Gasteiger charge is 2.32. The van der Waals surface area contributed by atoms with Crippen LogP contribution in [0.1, 0.15) is 25.3 Å². The van der Waals surface area contributed by atoms with E-state index in [0.717, 1.165) is 10.9 Å². The number of nitrogens with two attached hydrogens (primary N) is 3. The first-order valence-electron chi connectivity index (χ1n) is 13.4. The minimum Gasteiger partial charge on any atom is -0.480 e. The second kappa shape index (κ2) is 16.9. The van der Waals surface area contributed by atoms with Gasteiger partial charge in [0.25, 0.3) is 0 Å². The molecule has 0 saturated heterocycles. The number of amides is 4. The first-order valence-corrected chi connectivity index (χ1v) is 14.0. The van der Waals surface area contributed by atoms with Crippen molar-refractivity contribution < 1.29 is 34.2 Å². The summed E-state index contributed by atoms with van der Waals surface area (Å²) >= 11 is 4.04. The third kappa shape index (κ3) is 11.1. The molecule has 0 fully saturated rings. The van der Waals surface area contributed by atoms with Crippen molar-refractivity contribution in [2.24, 2.45) is 22.2 Å². The number of para-hydroxylation sites is 1. The summed E-state index contributed by atoms with van der Waals surface area (Å²) in [4.78, 5) is 69.9. The van der Waals surface area contributed by atoms with Crippen LogP contribution in [0.5, 0.6) is 0 Å². The number of carboxylic acids is 1. The summed E-state index contributed by atoms with van der Waals surface area (Å²) in [6.07, 6.45) is 0.564. The summed E-state index contributed by atoms with van der Waals surface area (Å²) in [6.45, 7) is 0.614. The summed E-state index contributed by atoms with van der Waals surface area (Å²) in [5.74, 6) is -4.62. The van der Waals surface area contributed by atoms with Crippen LogP contribution < -0.4 is 38.5 Å². The maximum atomic E-state index is 13.6. The largest absolute Gasteiger partial charge is 0.480 e. The molecule has 0 bridgehead atoms. The first-order chi connectivity index (χ1) is 20.3. The predicted molar refractivity (Wildman–Crippen MR) is 162 cm³/mol. The van der Waals surface area contributed by atoms with Gasteiger partial charge in [-0.1, -0.05) is 18.2 Å². The van der Waals surface area contributed by atoms with E-state index in [1.165, 1.54) is 6.92 Å². The van der Waals surface area contributed by atoms with Crippen LogP contribution in [0.25, 0.3) is 10.9 Å². The number of aliphatic imine (C=N–C) groups is 1. The molecule has 0 aliphatic heterocycles. The van der Waals surface area contributed by atoms with Crippen molar-refractivity contribution in [1.29, 1.82) is 0 Å². The van der Waals surface area contributed by atoms with Crippen molar-refractivity contribution >= 4 is 59.1 Å². The van der Waals surface area contributed by atoms with Gasteiger partial charge >= 0.3 is 5.97 Å². The Hall–Kier alpha value is -4.35. The van der Waals surface area contributed by atoms with Gasteiger partial charge in [-0.2, -0.15) is 12.6 Å². The van der Waals surface area contributed by atoms with Crippen molar-refractivity contribution in [2.45, 2.75) is 56.5 Å². The van der Waals surface area contributed by atoms with E-state index in [4.69, 9.17) is 22.3 Å². The Morgan fingerprint density at radius 3 is 2.28 bits per heavy atom. The summed E-state index contributed by atoms with van der Waals surface area (Å²) < 4.78 is 0. The number of aliphatic carboxylic acids is 1. The minimum absolute atomic E-state index is 0.00152. The number of aromatic amines is 1. The number of H-pyrrole nitrogens is 1. The lowest BCUT2D eigenvalue weighted by atomic mass is 10.0. The summed E-state index contributed by atoms with van der Waals surface area (Å²) in [6, 6.07) is 2.40. The standard InChI is InChI=1S/C26H39N9O7S/c1-13(36)21(25(42)32-11-20(37)38)35-23(40)18(7-4-8-30-26(28)29)33-24(41)19(34-22(39)16(27)12-43)9-14-10-31-17-6-3-2-5-15(14)17/h2-3,5-6,10,13,16,18-19,21,31,36,43H,4,7-9,11-12,27H2,1H3,(H,32,42)(H,33,41)(H,34,39)(H,35,40)(H,37,38)(H4,28,29,30)/t13-,16+,18+,19+,21+/m1/s1. The fraction of sp³-hybridized carbons (Fsp3) is 0.462. The number of nitrogens with zero attached hydrogens (tertiary/aromatic N) is 1. The van der Waals surface area contributed by atoms with Crippen LogP contribution in [0.3, 0.4) is 0 Å². The van der Waals surface area contributed by atoms with Crippen molar-refractivity contribution in [3.05, 3.63) is 36.0 Å². The van der Waals surface area contributed by atoms with E-state index in [0.29, 0.717) is 5.56 Å². The number of hydrogen-bond acceptors (Lipinski definition) is 9. The third-order valence-electron chi connectivity index (χ3n) is 6.32. The van der Waals surface area contributed by atoms with Gasteiger partial charge in [0, 0.05) is 35.8 Å². The number of carbonyl (C=O) groups is 5. The lowest BCUT2D eigenvalue weighted by molar-refractivity contribution is -0.139. The quantitative estimate of drug-likeness (QED) is 0.0370. The molecular weight excluding hydrogens is 582 g/mol. The monoisotopic (exact) mass is 621 g/mol. The molecule has 0 saturated carbocycles. The van der Waals surface area contributed by atoms with E-state index in [1.807, 2.05) is 24.3 Å². The van der Waals surface area contributed by atoms with E-state index in [9.17, 15) is 29.1 Å². The molecule has 1 aromatic heterocycles. The highest BCUT2D eigenvalue weighted by atomic mass is 32.1. The zero-order valence-electron chi connectivity index (χ0n) is 23.6. The van der Waals surface area contributed by atoms with Gasteiger partial charge in [0.05, 0.1) is 12.1 Å². The van der Waals surface area contributed by atoms with Gasteiger partial charge in [-0.05, 0) is 31.4 Å². The molecule has 13 N–H and O–H groups in total. The lowest BCUT2D eigenvalue weighted by Crippen LogP contribution is -2.60. The Balaban J connectivity index is 2.32. The first kappa shape index (κ1) is 34.8. The van der Waals surface area contributed by atoms with Gasteiger partial charge in [-0.25, -0.2) is 0 Å². The molecule has 1 aromatic carbocycles. The summed E-state index contributed by atoms with van der Waals surface area (Å²) in [5, 5.41) is 29.4. The Kier molecular flexibility index (Phi) is 13.7. The van der Waals surface area contributed by atoms with Gasteiger partial charge in [0.1, 0.15) is 24.7 Å². The molecule has 17 heteroatoms. The number of rotatable bonds is 17. The van der Waals surface area contributed by atoms with Gasteiger partial charge in [0.2, 0.25) is 23.6 Å². The van der Waals surface area contributed by atoms with Crippen molar-refractivity contribution in [1.82, 2.24) is 26.3 Å². The SMILES string of the molecule is C[C@@H](O)[C@H](NC(=O)[C@H](CCCN=C(N)N)NC(=O)[C@H](Cc1c[nH]c2ccccc12)NC(=O)[C@@H](N)CS)C(=O)NCC(=O)O. The number of aliphatic hydroxyl groups is 1. The summed E-state index contributed by atoms with van der Waals surface area (Å²) in [7, 11) is 0. The Morgan fingerprint density at radius 2 is 1.65 bits per heavy atom. The normalized spacial score (nSPS) is 14.4. The van der Waals surface area contributed by atoms with Gasteiger partial charge in [-0.3, -0.25) is 29.0 Å². The van der Waals surface area contributed by atoms with Crippen LogP contribution in [0, 0.1) is 0 Å².